The average molecular weight is 763 g/mol. The van der Waals surface area contributed by atoms with Crippen LogP contribution in [-0.4, -0.2) is 104 Å². The Morgan fingerprint density at radius 3 is 2.19 bits per heavy atom. The Morgan fingerprint density at radius 1 is 1.06 bits per heavy atom. The molecule has 18 nitrogen and oxygen atoms in total. The van der Waals surface area contributed by atoms with Gasteiger partial charge in [0.1, 0.15) is 22.9 Å². The minimum Gasteiger partial charge on any atom is -0.503 e. The zero-order valence-electron chi connectivity index (χ0n) is 29.0. The van der Waals surface area contributed by atoms with Gasteiger partial charge in [-0.3, -0.25) is 33.3 Å². The van der Waals surface area contributed by atoms with Crippen LogP contribution in [0.3, 0.4) is 0 Å². The normalized spacial score (nSPS) is 15.7. The number of carbonyl (C=O) groups excluding carboxylic acids is 4. The summed E-state index contributed by atoms with van der Waals surface area (Å²) in [5.74, 6) is -4.97. The van der Waals surface area contributed by atoms with Crippen molar-refractivity contribution < 1.29 is 70.4 Å². The van der Waals surface area contributed by atoms with Crippen LogP contribution in [0.2, 0.25) is 0 Å². The summed E-state index contributed by atoms with van der Waals surface area (Å²) < 4.78 is 76.4. The van der Waals surface area contributed by atoms with Crippen LogP contribution in [0.5, 0.6) is 5.75 Å². The molecule has 1 aromatic carbocycles. The second-order valence-electron chi connectivity index (χ2n) is 11.7. The first kappa shape index (κ1) is 41.8. The monoisotopic (exact) mass is 762 g/mol. The van der Waals surface area contributed by atoms with Gasteiger partial charge >= 0.3 is 19.9 Å². The molecular weight excluding hydrogens is 721 g/mol. The molecule has 1 aromatic heterocycles. The van der Waals surface area contributed by atoms with Crippen LogP contribution in [0, 0.1) is 11.6 Å². The van der Waals surface area contributed by atoms with Crippen molar-refractivity contribution in [2.45, 2.75) is 58.5 Å². The maximum Gasteiger partial charge on any atom is 0.510 e. The van der Waals surface area contributed by atoms with Gasteiger partial charge in [-0.1, -0.05) is 6.07 Å². The first-order valence-corrected chi connectivity index (χ1v) is 17.5. The Hall–Kier alpha value is -4.62. The molecule has 3 rings (SSSR count). The molecule has 0 saturated carbocycles. The van der Waals surface area contributed by atoms with Crippen LogP contribution >= 0.6 is 7.60 Å². The third-order valence-electron chi connectivity index (χ3n) is 7.31. The van der Waals surface area contributed by atoms with Crippen molar-refractivity contribution >= 4 is 31.7 Å². The van der Waals surface area contributed by atoms with Crippen molar-refractivity contribution in [2.24, 2.45) is 0 Å². The third kappa shape index (κ3) is 11.4. The Kier molecular flexibility index (Phi) is 15.1. The molecule has 0 bridgehead atoms. The van der Waals surface area contributed by atoms with Crippen molar-refractivity contribution in [2.75, 3.05) is 46.6 Å². The summed E-state index contributed by atoms with van der Waals surface area (Å²) in [4.78, 5) is 67.1. The van der Waals surface area contributed by atoms with E-state index in [1.807, 2.05) is 0 Å². The van der Waals surface area contributed by atoms with Crippen molar-refractivity contribution in [1.82, 2.24) is 20.5 Å². The van der Waals surface area contributed by atoms with E-state index in [1.54, 1.807) is 27.7 Å². The Morgan fingerprint density at radius 2 is 1.67 bits per heavy atom. The molecule has 0 radical (unpaired) electrons. The molecule has 1 atom stereocenters. The van der Waals surface area contributed by atoms with Crippen molar-refractivity contribution in [3.8, 4) is 5.75 Å². The van der Waals surface area contributed by atoms with Crippen LogP contribution in [0.4, 0.5) is 18.4 Å². The summed E-state index contributed by atoms with van der Waals surface area (Å²) in [6.07, 6.45) is -2.96. The van der Waals surface area contributed by atoms with Gasteiger partial charge in [0.25, 0.3) is 11.8 Å². The molecule has 1 aliphatic heterocycles. The molecule has 288 valence electrons. The lowest BCUT2D eigenvalue weighted by molar-refractivity contribution is -0.0306. The van der Waals surface area contributed by atoms with Crippen LogP contribution < -0.4 is 16.1 Å². The fourth-order valence-corrected chi connectivity index (χ4v) is 5.89. The minimum absolute atomic E-state index is 0.0802. The standard InChI is InChI=1S/C31H41F2N4O14P/c1-18(2)50-29(42)46-16-48-52(44,49-17-47-30(43)51-19(3)4)11-9-37(31(34-5)8-10-45-15-31)28(41)24-26(39)25(38)22(14-35-24)27(40)36-13-20-6-7-21(32)12-23(20)33/h6-7,12,14,18-19,34,39H,8-11,13,15-17H2,1-5H3,(H,35,38)(H,36,40). The van der Waals surface area contributed by atoms with E-state index in [4.69, 9.17) is 32.7 Å². The molecule has 1 fully saturated rings. The fourth-order valence-electron chi connectivity index (χ4n) is 4.68. The largest absolute Gasteiger partial charge is 0.510 e. The zero-order valence-corrected chi connectivity index (χ0v) is 29.9. The SMILES string of the molecule is CNC1(N(CCP(=O)(OCOC(=O)OC(C)C)OCOC(=O)OC(C)C)C(=O)c2[nH]cc(C(=O)NCc3ccc(F)cc3F)c(=O)c2O)CCOC1. The van der Waals surface area contributed by atoms with Crippen LogP contribution in [0.15, 0.2) is 29.2 Å². The lowest BCUT2D eigenvalue weighted by atomic mass is 10.1. The molecule has 1 saturated heterocycles. The summed E-state index contributed by atoms with van der Waals surface area (Å²) in [6.45, 7) is 3.54. The number of likely N-dealkylation sites (N-methyl/N-ethyl adjacent to an activating group) is 1. The lowest BCUT2D eigenvalue weighted by Crippen LogP contribution is -2.61. The number of hydrogen-bond donors (Lipinski definition) is 4. The second kappa shape index (κ2) is 18.7. The molecule has 0 aliphatic carbocycles. The lowest BCUT2D eigenvalue weighted by Gasteiger charge is -2.40. The smallest absolute Gasteiger partial charge is 0.503 e. The number of ether oxygens (including phenoxy) is 5. The van der Waals surface area contributed by atoms with Crippen LogP contribution in [0.25, 0.3) is 0 Å². The number of halogens is 2. The van der Waals surface area contributed by atoms with Crippen molar-refractivity contribution in [3.05, 3.63) is 63.1 Å². The molecule has 1 aliphatic rings. The Labute approximate surface area is 296 Å². The zero-order chi connectivity index (χ0) is 38.6. The van der Waals surface area contributed by atoms with E-state index in [1.165, 1.54) is 7.05 Å². The number of amides is 2. The van der Waals surface area contributed by atoms with Gasteiger partial charge in [0.2, 0.25) is 19.0 Å². The van der Waals surface area contributed by atoms with Gasteiger partial charge < -0.3 is 44.0 Å². The highest BCUT2D eigenvalue weighted by molar-refractivity contribution is 7.53. The molecule has 21 heteroatoms. The van der Waals surface area contributed by atoms with Crippen LogP contribution in [-0.2, 0) is 43.8 Å². The average Bonchev–Trinajstić information content (AvgIpc) is 3.55. The van der Waals surface area contributed by atoms with Crippen molar-refractivity contribution in [3.63, 3.8) is 0 Å². The maximum atomic E-state index is 14.0. The molecule has 1 unspecified atom stereocenters. The summed E-state index contributed by atoms with van der Waals surface area (Å²) >= 11 is 0. The van der Waals surface area contributed by atoms with E-state index in [9.17, 15) is 42.4 Å². The number of nitrogens with zero attached hydrogens (tertiary/aromatic N) is 1. The quantitative estimate of drug-likeness (QED) is 0.103. The first-order chi connectivity index (χ1) is 24.5. The van der Waals surface area contributed by atoms with Gasteiger partial charge in [-0.2, -0.15) is 0 Å². The summed E-state index contributed by atoms with van der Waals surface area (Å²) in [7, 11) is -2.91. The van der Waals surface area contributed by atoms with E-state index < -0.39 is 116 Å². The van der Waals surface area contributed by atoms with E-state index in [-0.39, 0.29) is 25.2 Å². The molecule has 4 N–H and O–H groups in total. The van der Waals surface area contributed by atoms with Gasteiger partial charge in [-0.05, 0) is 40.8 Å². The van der Waals surface area contributed by atoms with Gasteiger partial charge in [0, 0.05) is 37.3 Å². The van der Waals surface area contributed by atoms with Gasteiger partial charge in [-0.25, -0.2) is 18.4 Å². The number of aromatic amines is 1. The van der Waals surface area contributed by atoms with Gasteiger partial charge in [-0.15, -0.1) is 0 Å². The number of carbonyl (C=O) groups is 4. The number of aromatic nitrogens is 1. The number of hydrogen-bond acceptors (Lipinski definition) is 15. The fraction of sp³-hybridized carbons (Fsp3) is 0.516. The number of nitrogens with one attached hydrogen (secondary N) is 3. The Bertz CT molecular complexity index is 1670. The number of H-pyrrole nitrogens is 1. The summed E-state index contributed by atoms with van der Waals surface area (Å²) in [6, 6.07) is 2.70. The molecule has 52 heavy (non-hydrogen) atoms. The van der Waals surface area contributed by atoms with E-state index in [0.29, 0.717) is 6.07 Å². The molecule has 0 spiro atoms. The molecule has 2 amide bonds. The molecular formula is C31H41F2N4O14P. The topological polar surface area (TPSA) is 230 Å². The maximum absolute atomic E-state index is 14.0. The predicted octanol–water partition coefficient (Wildman–Crippen LogP) is 3.33. The highest BCUT2D eigenvalue weighted by atomic mass is 31.2. The second-order valence-corrected chi connectivity index (χ2v) is 13.9. The van der Waals surface area contributed by atoms with Crippen molar-refractivity contribution in [1.29, 1.82) is 0 Å². The summed E-state index contributed by atoms with van der Waals surface area (Å²) in [5.41, 5.74) is -3.93. The minimum atomic E-state index is -4.41. The van der Waals surface area contributed by atoms with E-state index in [0.717, 1.165) is 23.2 Å². The predicted molar refractivity (Wildman–Crippen MR) is 174 cm³/mol. The van der Waals surface area contributed by atoms with Gasteiger partial charge in [0.15, 0.2) is 11.4 Å². The summed E-state index contributed by atoms with van der Waals surface area (Å²) in [5, 5.41) is 16.1. The van der Waals surface area contributed by atoms with Gasteiger partial charge in [0.05, 0.1) is 31.6 Å². The number of aromatic hydroxyl groups is 1. The Balaban J connectivity index is 1.85. The first-order valence-electron chi connectivity index (χ1n) is 15.8. The highest BCUT2D eigenvalue weighted by Crippen LogP contribution is 2.48. The van der Waals surface area contributed by atoms with Crippen LogP contribution in [0.1, 0.15) is 60.5 Å². The highest BCUT2D eigenvalue weighted by Gasteiger charge is 2.44. The number of rotatable bonds is 17. The van der Waals surface area contributed by atoms with E-state index in [2.05, 4.69) is 15.6 Å². The number of benzene rings is 1. The molecule has 2 heterocycles. The van der Waals surface area contributed by atoms with E-state index >= 15 is 0 Å². The third-order valence-corrected chi connectivity index (χ3v) is 9.06. The number of pyridine rings is 1. The molecule has 2 aromatic rings.